The smallest absolute Gasteiger partial charge is 0.409 e. The second-order valence-electron chi connectivity index (χ2n) is 6.25. The van der Waals surface area contributed by atoms with Crippen LogP contribution >= 0.6 is 11.8 Å². The Morgan fingerprint density at radius 1 is 1.31 bits per heavy atom. The molecule has 1 unspecified atom stereocenters. The molecule has 3 rings (SSSR count). The van der Waals surface area contributed by atoms with Crippen LogP contribution in [0.4, 0.5) is 10.5 Å². The summed E-state index contributed by atoms with van der Waals surface area (Å²) in [5.74, 6) is -0.486. The minimum absolute atomic E-state index is 0.0700. The van der Waals surface area contributed by atoms with Crippen molar-refractivity contribution in [3.8, 4) is 0 Å². The number of amides is 2. The molecule has 140 valence electrons. The van der Waals surface area contributed by atoms with Gasteiger partial charge < -0.3 is 19.7 Å². The largest absolute Gasteiger partial charge is 0.459 e. The first kappa shape index (κ1) is 18.6. The van der Waals surface area contributed by atoms with Gasteiger partial charge in [0, 0.05) is 30.8 Å². The molecule has 0 aliphatic carbocycles. The third-order valence-electron chi connectivity index (χ3n) is 4.39. The number of hydrogen-bond acceptors (Lipinski definition) is 6. The van der Waals surface area contributed by atoms with E-state index >= 15 is 0 Å². The van der Waals surface area contributed by atoms with Crippen LogP contribution < -0.4 is 5.32 Å². The number of carbonyl (C=O) groups excluding carboxylic acids is 3. The molecule has 0 aromatic heterocycles. The van der Waals surface area contributed by atoms with Gasteiger partial charge in [0.05, 0.1) is 23.1 Å². The van der Waals surface area contributed by atoms with Gasteiger partial charge in [0.2, 0.25) is 5.91 Å². The van der Waals surface area contributed by atoms with Crippen molar-refractivity contribution in [1.29, 1.82) is 0 Å². The van der Waals surface area contributed by atoms with Crippen molar-refractivity contribution in [3.05, 3.63) is 23.8 Å². The summed E-state index contributed by atoms with van der Waals surface area (Å²) >= 11 is 1.47. The lowest BCUT2D eigenvalue weighted by molar-refractivity contribution is -0.115. The number of nitrogens with zero attached hydrogens (tertiary/aromatic N) is 1. The van der Waals surface area contributed by atoms with E-state index in [1.54, 1.807) is 24.0 Å². The van der Waals surface area contributed by atoms with E-state index < -0.39 is 5.97 Å². The number of ether oxygens (including phenoxy) is 2. The Bertz CT molecular complexity index is 716. The predicted molar refractivity (Wildman–Crippen MR) is 97.4 cm³/mol. The molecule has 2 aliphatic heterocycles. The van der Waals surface area contributed by atoms with Gasteiger partial charge in [-0.15, -0.1) is 11.8 Å². The quantitative estimate of drug-likeness (QED) is 0.814. The predicted octanol–water partition coefficient (Wildman–Crippen LogP) is 2.90. The molecule has 1 N–H and O–H groups in total. The summed E-state index contributed by atoms with van der Waals surface area (Å²) in [6.07, 6.45) is 0.613. The van der Waals surface area contributed by atoms with Gasteiger partial charge in [-0.25, -0.2) is 9.59 Å². The minimum atomic E-state index is -0.416. The highest BCUT2D eigenvalue weighted by Gasteiger charge is 2.27. The number of fused-ring (bicyclic) bond motifs is 1. The van der Waals surface area contributed by atoms with Crippen LogP contribution in [-0.4, -0.2) is 53.9 Å². The highest BCUT2D eigenvalue weighted by Crippen LogP contribution is 2.36. The van der Waals surface area contributed by atoms with Crippen molar-refractivity contribution >= 4 is 35.4 Å². The molecule has 7 nitrogen and oxygen atoms in total. The van der Waals surface area contributed by atoms with E-state index in [-0.39, 0.29) is 23.4 Å². The number of anilines is 1. The monoisotopic (exact) mass is 378 g/mol. The van der Waals surface area contributed by atoms with Crippen molar-refractivity contribution in [1.82, 2.24) is 4.90 Å². The molecule has 1 aromatic carbocycles. The fraction of sp³-hybridized carbons (Fsp3) is 0.500. The number of benzene rings is 1. The van der Waals surface area contributed by atoms with E-state index in [1.807, 2.05) is 13.0 Å². The third kappa shape index (κ3) is 4.12. The lowest BCUT2D eigenvalue weighted by Crippen LogP contribution is -2.41. The van der Waals surface area contributed by atoms with Crippen molar-refractivity contribution < 1.29 is 23.9 Å². The van der Waals surface area contributed by atoms with E-state index in [2.05, 4.69) is 5.32 Å². The Morgan fingerprint density at radius 3 is 2.73 bits per heavy atom. The Balaban J connectivity index is 1.57. The average Bonchev–Trinajstić information content (AvgIpc) is 2.63. The Kier molecular flexibility index (Phi) is 5.70. The van der Waals surface area contributed by atoms with Crippen molar-refractivity contribution in [2.75, 3.05) is 25.0 Å². The number of nitrogens with one attached hydrogen (secondary N) is 1. The summed E-state index contributed by atoms with van der Waals surface area (Å²) in [6.45, 7) is 4.97. The first-order valence-electron chi connectivity index (χ1n) is 8.72. The van der Waals surface area contributed by atoms with Gasteiger partial charge in [-0.05, 0) is 32.0 Å². The number of thioether (sulfide) groups is 1. The molecule has 0 saturated carbocycles. The number of carbonyl (C=O) groups is 3. The molecule has 1 saturated heterocycles. The molecule has 2 heterocycles. The maximum absolute atomic E-state index is 12.4. The maximum Gasteiger partial charge on any atom is 0.409 e. The van der Waals surface area contributed by atoms with E-state index in [1.165, 1.54) is 11.8 Å². The topological polar surface area (TPSA) is 84.9 Å². The van der Waals surface area contributed by atoms with E-state index in [9.17, 15) is 14.4 Å². The zero-order valence-electron chi connectivity index (χ0n) is 14.8. The molecule has 1 fully saturated rings. The molecule has 1 atom stereocenters. The molecule has 8 heteroatoms. The summed E-state index contributed by atoms with van der Waals surface area (Å²) in [4.78, 5) is 38.5. The van der Waals surface area contributed by atoms with Gasteiger partial charge in [0.15, 0.2) is 0 Å². The zero-order valence-corrected chi connectivity index (χ0v) is 15.6. The minimum Gasteiger partial charge on any atom is -0.459 e. The second-order valence-corrected chi connectivity index (χ2v) is 7.63. The summed E-state index contributed by atoms with van der Waals surface area (Å²) < 4.78 is 10.5. The molecular weight excluding hydrogens is 356 g/mol. The Hall–Kier alpha value is -2.22. The van der Waals surface area contributed by atoms with Crippen LogP contribution in [0, 0.1) is 0 Å². The van der Waals surface area contributed by atoms with Crippen LogP contribution in [-0.2, 0) is 14.3 Å². The zero-order chi connectivity index (χ0) is 18.7. The van der Waals surface area contributed by atoms with Crippen LogP contribution in [0.1, 0.15) is 37.0 Å². The van der Waals surface area contributed by atoms with Crippen molar-refractivity contribution in [2.45, 2.75) is 42.9 Å². The number of piperidine rings is 1. The lowest BCUT2D eigenvalue weighted by atomic mass is 10.1. The molecule has 26 heavy (non-hydrogen) atoms. The van der Waals surface area contributed by atoms with E-state index in [4.69, 9.17) is 9.47 Å². The number of likely N-dealkylation sites (tertiary alicyclic amines) is 1. The fourth-order valence-electron chi connectivity index (χ4n) is 2.93. The molecule has 2 amide bonds. The van der Waals surface area contributed by atoms with Crippen LogP contribution in [0.15, 0.2) is 23.1 Å². The van der Waals surface area contributed by atoms with Crippen LogP contribution in [0.2, 0.25) is 0 Å². The van der Waals surface area contributed by atoms with Crippen molar-refractivity contribution in [2.24, 2.45) is 0 Å². The van der Waals surface area contributed by atoms with Crippen molar-refractivity contribution in [3.63, 3.8) is 0 Å². The van der Waals surface area contributed by atoms with E-state index in [0.29, 0.717) is 43.8 Å². The molecule has 0 radical (unpaired) electrons. The summed E-state index contributed by atoms with van der Waals surface area (Å²) in [5, 5.41) is 2.66. The second kappa shape index (κ2) is 7.99. The molecular formula is C18H22N2O5S. The van der Waals surface area contributed by atoms with Gasteiger partial charge in [-0.1, -0.05) is 0 Å². The molecule has 1 aromatic rings. The van der Waals surface area contributed by atoms with Gasteiger partial charge in [-0.3, -0.25) is 4.79 Å². The molecule has 0 spiro atoms. The van der Waals surface area contributed by atoms with Gasteiger partial charge in [-0.2, -0.15) is 0 Å². The first-order valence-corrected chi connectivity index (χ1v) is 9.60. The average molecular weight is 378 g/mol. The van der Waals surface area contributed by atoms with Crippen LogP contribution in [0.5, 0.6) is 0 Å². The first-order chi connectivity index (χ1) is 12.5. The highest BCUT2D eigenvalue weighted by atomic mass is 32.2. The number of esters is 1. The molecule has 0 bridgehead atoms. The third-order valence-corrected chi connectivity index (χ3v) is 5.57. The van der Waals surface area contributed by atoms with Gasteiger partial charge in [0.25, 0.3) is 0 Å². The van der Waals surface area contributed by atoms with Gasteiger partial charge in [0.1, 0.15) is 6.10 Å². The SMILES string of the molecule is CCOC(=O)N1CCC(OC(=O)c2ccc3c(c2)NC(=O)C(C)S3)CC1. The highest BCUT2D eigenvalue weighted by molar-refractivity contribution is 8.00. The van der Waals surface area contributed by atoms with Gasteiger partial charge >= 0.3 is 12.1 Å². The lowest BCUT2D eigenvalue weighted by Gasteiger charge is -2.31. The standard InChI is InChI=1S/C18H22N2O5S/c1-3-24-18(23)20-8-6-13(7-9-20)25-17(22)12-4-5-15-14(10-12)19-16(21)11(2)26-15/h4-5,10-11,13H,3,6-9H2,1-2H3,(H,19,21). The Morgan fingerprint density at radius 2 is 2.04 bits per heavy atom. The number of rotatable bonds is 3. The Labute approximate surface area is 156 Å². The van der Waals surface area contributed by atoms with E-state index in [0.717, 1.165) is 4.90 Å². The van der Waals surface area contributed by atoms with Crippen LogP contribution in [0.25, 0.3) is 0 Å². The molecule has 2 aliphatic rings. The summed E-state index contributed by atoms with van der Waals surface area (Å²) in [5.41, 5.74) is 1.05. The maximum atomic E-state index is 12.4. The number of hydrogen-bond donors (Lipinski definition) is 1. The normalized spacial score (nSPS) is 20.2. The fourth-order valence-corrected chi connectivity index (χ4v) is 3.86. The summed E-state index contributed by atoms with van der Waals surface area (Å²) in [7, 11) is 0. The summed E-state index contributed by atoms with van der Waals surface area (Å²) in [6, 6.07) is 5.20. The van der Waals surface area contributed by atoms with Crippen LogP contribution in [0.3, 0.4) is 0 Å².